The number of fused-ring (bicyclic) bond motifs is 5. The number of anilines is 3. The lowest BCUT2D eigenvalue weighted by Crippen LogP contribution is -2.49. The van der Waals surface area contributed by atoms with Crippen molar-refractivity contribution in [3.8, 4) is 5.75 Å². The molecule has 0 aromatic heterocycles. The predicted molar refractivity (Wildman–Crippen MR) is 180 cm³/mol. The van der Waals surface area contributed by atoms with E-state index < -0.39 is 16.1 Å². The summed E-state index contributed by atoms with van der Waals surface area (Å²) in [6.45, 7) is 6.93. The number of urea groups is 1. The summed E-state index contributed by atoms with van der Waals surface area (Å²) < 4.78 is 38.5. The van der Waals surface area contributed by atoms with Crippen molar-refractivity contribution in [3.05, 3.63) is 95.1 Å². The quantitative estimate of drug-likeness (QED) is 0.227. The summed E-state index contributed by atoms with van der Waals surface area (Å²) >= 11 is 0. The van der Waals surface area contributed by atoms with E-state index in [-0.39, 0.29) is 35.0 Å². The molecule has 2 atom stereocenters. The molecular weight excluding hydrogens is 604 g/mol. The molecule has 3 N–H and O–H groups in total. The van der Waals surface area contributed by atoms with E-state index in [1.807, 2.05) is 62.1 Å². The maximum atomic E-state index is 14.0. The van der Waals surface area contributed by atoms with E-state index in [2.05, 4.69) is 27.5 Å². The van der Waals surface area contributed by atoms with Gasteiger partial charge in [0, 0.05) is 23.9 Å². The molecule has 4 aromatic rings. The second-order valence-electron chi connectivity index (χ2n) is 12.9. The van der Waals surface area contributed by atoms with Gasteiger partial charge in [0.05, 0.1) is 43.1 Å². The van der Waals surface area contributed by atoms with Gasteiger partial charge >= 0.3 is 6.03 Å². The summed E-state index contributed by atoms with van der Waals surface area (Å²) in [5, 5.41) is 7.17. The van der Waals surface area contributed by atoms with E-state index in [1.54, 1.807) is 24.3 Å². The van der Waals surface area contributed by atoms with Crippen molar-refractivity contribution in [2.45, 2.75) is 44.8 Å². The fourth-order valence-electron chi connectivity index (χ4n) is 6.26. The second kappa shape index (κ2) is 12.0. The molecule has 2 unspecified atom stereocenters. The number of nitrogens with one attached hydrogen (secondary N) is 3. The Hall–Kier alpha value is -4.61. The Morgan fingerprint density at radius 2 is 1.57 bits per heavy atom. The maximum absolute atomic E-state index is 14.0. The van der Waals surface area contributed by atoms with Gasteiger partial charge in [-0.25, -0.2) is 13.2 Å². The SMILES string of the molecule is COc1c(NC(=O)Nc2ccc(C(=O)N3CC4Cc5ccccc5C(C3)O4)c3ccccc23)cc(C(C)(C)C)cc1NS(C)(=O)=O. The van der Waals surface area contributed by atoms with Gasteiger partial charge < -0.3 is 25.0 Å². The van der Waals surface area contributed by atoms with Crippen LogP contribution in [-0.4, -0.2) is 57.8 Å². The second-order valence-corrected chi connectivity index (χ2v) is 14.6. The minimum atomic E-state index is -3.62. The number of methoxy groups -OCH3 is 1. The van der Waals surface area contributed by atoms with Crippen molar-refractivity contribution < 1.29 is 27.5 Å². The number of benzene rings is 4. The van der Waals surface area contributed by atoms with Crippen LogP contribution in [0.2, 0.25) is 0 Å². The fourth-order valence-corrected chi connectivity index (χ4v) is 6.81. The summed E-state index contributed by atoms with van der Waals surface area (Å²) in [5.74, 6) is 0.0943. The molecule has 1 saturated heterocycles. The molecular formula is C35H38N4O6S. The Bertz CT molecular complexity index is 1950. The average Bonchev–Trinajstić information content (AvgIpc) is 2.99. The fraction of sp³-hybridized carbons (Fsp3) is 0.314. The van der Waals surface area contributed by atoms with Crippen LogP contribution in [0.4, 0.5) is 21.9 Å². The normalized spacial score (nSPS) is 17.6. The molecule has 11 heteroatoms. The highest BCUT2D eigenvalue weighted by Crippen LogP contribution is 2.40. The monoisotopic (exact) mass is 642 g/mol. The first-order valence-electron chi connectivity index (χ1n) is 15.1. The number of carbonyl (C=O) groups excluding carboxylic acids is 2. The number of morpholine rings is 1. The van der Waals surface area contributed by atoms with Crippen LogP contribution in [-0.2, 0) is 26.6 Å². The molecule has 46 heavy (non-hydrogen) atoms. The van der Waals surface area contributed by atoms with E-state index in [0.717, 1.165) is 23.8 Å². The summed E-state index contributed by atoms with van der Waals surface area (Å²) in [5.41, 5.74) is 4.43. The zero-order chi connectivity index (χ0) is 32.8. The van der Waals surface area contributed by atoms with Gasteiger partial charge in [-0.05, 0) is 51.8 Å². The third-order valence-electron chi connectivity index (χ3n) is 8.41. The molecule has 6 rings (SSSR count). The van der Waals surface area contributed by atoms with Crippen molar-refractivity contribution in [2.75, 3.05) is 41.8 Å². The van der Waals surface area contributed by atoms with Gasteiger partial charge in [0.1, 0.15) is 6.10 Å². The number of rotatable bonds is 6. The highest BCUT2D eigenvalue weighted by atomic mass is 32.2. The molecule has 3 amide bonds. The Kier molecular flexibility index (Phi) is 8.16. The van der Waals surface area contributed by atoms with Crippen molar-refractivity contribution in [2.24, 2.45) is 0 Å². The lowest BCUT2D eigenvalue weighted by molar-refractivity contribution is -0.0864. The Morgan fingerprint density at radius 1 is 0.891 bits per heavy atom. The molecule has 0 saturated carbocycles. The van der Waals surface area contributed by atoms with E-state index >= 15 is 0 Å². The number of hydrogen-bond acceptors (Lipinski definition) is 6. The van der Waals surface area contributed by atoms with Crippen LogP contribution in [0.3, 0.4) is 0 Å². The molecule has 2 aliphatic heterocycles. The minimum Gasteiger partial charge on any atom is -0.492 e. The van der Waals surface area contributed by atoms with Gasteiger partial charge in [-0.3, -0.25) is 9.52 Å². The third-order valence-corrected chi connectivity index (χ3v) is 9.00. The molecule has 240 valence electrons. The lowest BCUT2D eigenvalue weighted by Gasteiger charge is -2.42. The van der Waals surface area contributed by atoms with Crippen LogP contribution in [0, 0.1) is 0 Å². The third kappa shape index (κ3) is 6.38. The van der Waals surface area contributed by atoms with Crippen LogP contribution in [0.15, 0.2) is 72.8 Å². The lowest BCUT2D eigenvalue weighted by atomic mass is 9.86. The van der Waals surface area contributed by atoms with Crippen LogP contribution in [0.1, 0.15) is 53.9 Å². The summed E-state index contributed by atoms with van der Waals surface area (Å²) in [6, 6.07) is 22.1. The number of sulfonamides is 1. The Balaban J connectivity index is 1.27. The number of amides is 3. The molecule has 2 heterocycles. The predicted octanol–water partition coefficient (Wildman–Crippen LogP) is 6.30. The number of nitrogens with zero attached hydrogens (tertiary/aromatic N) is 1. The van der Waals surface area contributed by atoms with Crippen molar-refractivity contribution in [1.82, 2.24) is 4.90 Å². The standard InChI is InChI=1S/C35H38N4O6S/c1-35(2,3)22-17-29(32(44-4)30(18-22)38-46(5,42)43)37-34(41)36-28-15-14-27(25-12-8-9-13-26(25)28)33(40)39-19-23-16-21-10-6-7-11-24(21)31(20-39)45-23/h6-15,17-18,23,31,38H,16,19-20H2,1-5H3,(H2,36,37,41). The first-order valence-corrected chi connectivity index (χ1v) is 17.0. The largest absolute Gasteiger partial charge is 0.492 e. The first-order chi connectivity index (χ1) is 21.8. The zero-order valence-corrected chi connectivity index (χ0v) is 27.3. The highest BCUT2D eigenvalue weighted by Gasteiger charge is 2.37. The van der Waals surface area contributed by atoms with Gasteiger partial charge in [0.15, 0.2) is 5.75 Å². The molecule has 0 radical (unpaired) electrons. The molecule has 2 aliphatic rings. The van der Waals surface area contributed by atoms with E-state index in [9.17, 15) is 18.0 Å². The summed E-state index contributed by atoms with van der Waals surface area (Å²) in [4.78, 5) is 29.2. The number of carbonyl (C=O) groups is 2. The maximum Gasteiger partial charge on any atom is 0.323 e. The molecule has 4 aromatic carbocycles. The van der Waals surface area contributed by atoms with E-state index in [0.29, 0.717) is 40.8 Å². The van der Waals surface area contributed by atoms with Gasteiger partial charge in [-0.2, -0.15) is 0 Å². The number of hydrogen-bond donors (Lipinski definition) is 3. The molecule has 0 spiro atoms. The van der Waals surface area contributed by atoms with Crippen molar-refractivity contribution >= 4 is 49.8 Å². The smallest absolute Gasteiger partial charge is 0.323 e. The molecule has 0 aliphatic carbocycles. The molecule has 1 fully saturated rings. The van der Waals surface area contributed by atoms with Crippen LogP contribution in [0.5, 0.6) is 5.75 Å². The van der Waals surface area contributed by atoms with Gasteiger partial charge in [0.25, 0.3) is 5.91 Å². The van der Waals surface area contributed by atoms with Gasteiger partial charge in [-0.1, -0.05) is 69.3 Å². The van der Waals surface area contributed by atoms with Crippen LogP contribution >= 0.6 is 0 Å². The summed E-state index contributed by atoms with van der Waals surface area (Å²) in [6.07, 6.45) is 1.60. The van der Waals surface area contributed by atoms with Crippen molar-refractivity contribution in [3.63, 3.8) is 0 Å². The minimum absolute atomic E-state index is 0.0598. The van der Waals surface area contributed by atoms with Gasteiger partial charge in [-0.15, -0.1) is 0 Å². The van der Waals surface area contributed by atoms with Gasteiger partial charge in [0.2, 0.25) is 10.0 Å². The van der Waals surface area contributed by atoms with Crippen LogP contribution < -0.4 is 20.1 Å². The first kappa shape index (κ1) is 31.4. The van der Waals surface area contributed by atoms with E-state index in [4.69, 9.17) is 9.47 Å². The summed E-state index contributed by atoms with van der Waals surface area (Å²) in [7, 11) is -2.21. The average molecular weight is 643 g/mol. The topological polar surface area (TPSA) is 126 Å². The highest BCUT2D eigenvalue weighted by molar-refractivity contribution is 7.92. The molecule has 10 nitrogen and oxygen atoms in total. The molecule has 2 bridgehead atoms. The number of ether oxygens (including phenoxy) is 2. The Labute approximate surface area is 269 Å². The van der Waals surface area contributed by atoms with E-state index in [1.165, 1.54) is 12.7 Å². The van der Waals surface area contributed by atoms with Crippen molar-refractivity contribution in [1.29, 1.82) is 0 Å². The van der Waals surface area contributed by atoms with Crippen LogP contribution in [0.25, 0.3) is 10.8 Å². The zero-order valence-electron chi connectivity index (χ0n) is 26.5. The Morgan fingerprint density at radius 3 is 2.28 bits per heavy atom.